The lowest BCUT2D eigenvalue weighted by Crippen LogP contribution is -2.28. The summed E-state index contributed by atoms with van der Waals surface area (Å²) in [5.41, 5.74) is 3.02. The van der Waals surface area contributed by atoms with Gasteiger partial charge in [-0.25, -0.2) is 13.6 Å². The molecule has 0 unspecified atom stereocenters. The van der Waals surface area contributed by atoms with Crippen molar-refractivity contribution in [1.82, 2.24) is 4.98 Å². The Balaban J connectivity index is 2.02. The predicted molar refractivity (Wildman–Crippen MR) is 120 cm³/mol. The van der Waals surface area contributed by atoms with Crippen molar-refractivity contribution in [3.05, 3.63) is 64.8 Å². The van der Waals surface area contributed by atoms with Crippen molar-refractivity contribution >= 4 is 16.9 Å². The predicted octanol–water partition coefficient (Wildman–Crippen LogP) is 6.58. The van der Waals surface area contributed by atoms with Crippen LogP contribution in [0.4, 0.5) is 8.78 Å². The van der Waals surface area contributed by atoms with E-state index in [0.29, 0.717) is 46.3 Å². The first-order chi connectivity index (χ1) is 15.0. The number of para-hydroxylation sites is 1. The normalized spacial score (nSPS) is 16.6. The van der Waals surface area contributed by atoms with Gasteiger partial charge in [-0.2, -0.15) is 0 Å². The quantitative estimate of drug-likeness (QED) is 0.499. The minimum Gasteiger partial charge on any atom is -0.479 e. The van der Waals surface area contributed by atoms with Gasteiger partial charge >= 0.3 is 5.97 Å². The molecule has 0 radical (unpaired) electrons. The van der Waals surface area contributed by atoms with Crippen LogP contribution in [0.3, 0.4) is 0 Å². The van der Waals surface area contributed by atoms with Gasteiger partial charge in [0, 0.05) is 28.6 Å². The lowest BCUT2D eigenvalue weighted by atomic mass is 9.84. The second kappa shape index (κ2) is 7.93. The topological polar surface area (TPSA) is 59.4 Å². The number of alkyl halides is 2. The number of carboxylic acid groups (broad SMARTS) is 1. The van der Waals surface area contributed by atoms with Crippen molar-refractivity contribution < 1.29 is 23.4 Å². The molecule has 2 aromatic carbocycles. The molecule has 0 bridgehead atoms. The van der Waals surface area contributed by atoms with E-state index in [1.54, 1.807) is 39.8 Å². The molecule has 1 heterocycles. The van der Waals surface area contributed by atoms with E-state index in [0.717, 1.165) is 5.39 Å². The van der Waals surface area contributed by atoms with Gasteiger partial charge in [-0.05, 0) is 63.3 Å². The molecule has 6 heteroatoms. The first kappa shape index (κ1) is 22.3. The van der Waals surface area contributed by atoms with Crippen LogP contribution in [0, 0.1) is 6.92 Å². The number of halogens is 2. The lowest BCUT2D eigenvalue weighted by molar-refractivity contribution is -0.160. The Morgan fingerprint density at radius 3 is 2.59 bits per heavy atom. The SMILES string of the molecule is Cc1nc2ccccc2c(-c2ccc3c(c2)CCCC3(F)F)c1[C@H](OC(C)(C)C)C(=O)O. The van der Waals surface area contributed by atoms with Gasteiger partial charge in [0.05, 0.1) is 11.1 Å². The van der Waals surface area contributed by atoms with Gasteiger partial charge in [0.15, 0.2) is 6.10 Å². The Labute approximate surface area is 186 Å². The third kappa shape index (κ3) is 4.11. The molecule has 168 valence electrons. The number of pyridine rings is 1. The van der Waals surface area contributed by atoms with E-state index in [1.165, 1.54) is 6.07 Å². The molecule has 1 atom stereocenters. The van der Waals surface area contributed by atoms with Crippen molar-refractivity contribution in [2.75, 3.05) is 0 Å². The highest BCUT2D eigenvalue weighted by molar-refractivity contribution is 5.98. The van der Waals surface area contributed by atoms with Crippen LogP contribution in [0.2, 0.25) is 0 Å². The van der Waals surface area contributed by atoms with Crippen LogP contribution in [0.5, 0.6) is 0 Å². The molecule has 32 heavy (non-hydrogen) atoms. The van der Waals surface area contributed by atoms with Gasteiger partial charge in [0.2, 0.25) is 0 Å². The molecule has 1 N–H and O–H groups in total. The van der Waals surface area contributed by atoms with E-state index in [-0.39, 0.29) is 12.0 Å². The fourth-order valence-corrected chi connectivity index (χ4v) is 4.52. The summed E-state index contributed by atoms with van der Waals surface area (Å²) in [6.07, 6.45) is -0.420. The Kier molecular flexibility index (Phi) is 5.53. The molecule has 0 aliphatic heterocycles. The number of nitrogens with zero attached hydrogens (tertiary/aromatic N) is 1. The van der Waals surface area contributed by atoms with Crippen LogP contribution in [0.15, 0.2) is 42.5 Å². The summed E-state index contributed by atoms with van der Waals surface area (Å²) in [6.45, 7) is 7.16. The minimum atomic E-state index is -2.84. The van der Waals surface area contributed by atoms with Crippen LogP contribution in [0.1, 0.15) is 62.1 Å². The molecule has 0 fully saturated rings. The number of aliphatic carboxylic acids is 1. The minimum absolute atomic E-state index is 0.0601. The van der Waals surface area contributed by atoms with Gasteiger partial charge in [0.1, 0.15) is 0 Å². The molecular formula is C26H27F2NO3. The Morgan fingerprint density at radius 2 is 1.91 bits per heavy atom. The highest BCUT2D eigenvalue weighted by Crippen LogP contribution is 2.44. The molecular weight excluding hydrogens is 412 g/mol. The highest BCUT2D eigenvalue weighted by atomic mass is 19.3. The molecule has 0 spiro atoms. The smallest absolute Gasteiger partial charge is 0.337 e. The van der Waals surface area contributed by atoms with Crippen LogP contribution in [0.25, 0.3) is 22.0 Å². The number of aryl methyl sites for hydroxylation is 2. The van der Waals surface area contributed by atoms with Crippen LogP contribution >= 0.6 is 0 Å². The standard InChI is InChI=1S/C26H27F2NO3/c1-15-21(23(24(30)31)32-25(2,3)4)22(18-9-5-6-10-20(18)29-15)17-11-12-19-16(14-17)8-7-13-26(19,27)28/h5-6,9-12,14,23H,7-8,13H2,1-4H3,(H,30,31)/t23-/m0/s1. The average Bonchev–Trinajstić information content (AvgIpc) is 2.70. The van der Waals surface area contributed by atoms with E-state index in [2.05, 4.69) is 4.98 Å². The number of hydrogen-bond acceptors (Lipinski definition) is 3. The highest BCUT2D eigenvalue weighted by Gasteiger charge is 2.37. The molecule has 3 aromatic rings. The van der Waals surface area contributed by atoms with Crippen LogP contribution in [-0.2, 0) is 21.9 Å². The zero-order chi connectivity index (χ0) is 23.3. The number of benzene rings is 2. The van der Waals surface area contributed by atoms with Crippen LogP contribution in [-0.4, -0.2) is 21.7 Å². The lowest BCUT2D eigenvalue weighted by Gasteiger charge is -2.29. The van der Waals surface area contributed by atoms with Crippen molar-refractivity contribution in [2.24, 2.45) is 0 Å². The summed E-state index contributed by atoms with van der Waals surface area (Å²) < 4.78 is 34.8. The summed E-state index contributed by atoms with van der Waals surface area (Å²) >= 11 is 0. The fraction of sp³-hybridized carbons (Fsp3) is 0.385. The van der Waals surface area contributed by atoms with Crippen molar-refractivity contribution in [3.63, 3.8) is 0 Å². The Hall–Kier alpha value is -2.86. The molecule has 1 aromatic heterocycles. The largest absolute Gasteiger partial charge is 0.479 e. The summed E-state index contributed by atoms with van der Waals surface area (Å²) in [5.74, 6) is -3.96. The molecule has 0 saturated carbocycles. The van der Waals surface area contributed by atoms with E-state index >= 15 is 0 Å². The summed E-state index contributed by atoms with van der Waals surface area (Å²) in [4.78, 5) is 17.0. The molecule has 1 aliphatic rings. The van der Waals surface area contributed by atoms with E-state index in [4.69, 9.17) is 4.74 Å². The van der Waals surface area contributed by atoms with Crippen molar-refractivity contribution in [2.45, 2.75) is 64.6 Å². The zero-order valence-corrected chi connectivity index (χ0v) is 18.7. The molecule has 4 nitrogen and oxygen atoms in total. The summed E-state index contributed by atoms with van der Waals surface area (Å²) in [7, 11) is 0. The summed E-state index contributed by atoms with van der Waals surface area (Å²) in [5, 5.41) is 10.8. The second-order valence-electron chi connectivity index (χ2n) is 9.38. The van der Waals surface area contributed by atoms with Gasteiger partial charge in [-0.3, -0.25) is 4.98 Å². The molecule has 0 amide bonds. The van der Waals surface area contributed by atoms with Gasteiger partial charge in [0.25, 0.3) is 5.92 Å². The number of fused-ring (bicyclic) bond motifs is 2. The monoisotopic (exact) mass is 439 g/mol. The van der Waals surface area contributed by atoms with Crippen LogP contribution < -0.4 is 0 Å². The molecule has 4 rings (SSSR count). The number of hydrogen-bond donors (Lipinski definition) is 1. The van der Waals surface area contributed by atoms with Crippen molar-refractivity contribution in [1.29, 1.82) is 0 Å². The number of ether oxygens (including phenoxy) is 1. The van der Waals surface area contributed by atoms with Gasteiger partial charge in [-0.1, -0.05) is 36.4 Å². The van der Waals surface area contributed by atoms with E-state index in [9.17, 15) is 18.7 Å². The Morgan fingerprint density at radius 1 is 1.19 bits per heavy atom. The number of rotatable bonds is 4. The average molecular weight is 440 g/mol. The maximum atomic E-state index is 14.4. The number of carboxylic acids is 1. The second-order valence-corrected chi connectivity index (χ2v) is 9.38. The van der Waals surface area contributed by atoms with E-state index in [1.807, 2.05) is 24.3 Å². The van der Waals surface area contributed by atoms with E-state index < -0.39 is 23.6 Å². The van der Waals surface area contributed by atoms with Gasteiger partial charge in [-0.15, -0.1) is 0 Å². The fourth-order valence-electron chi connectivity index (χ4n) is 4.52. The van der Waals surface area contributed by atoms with Gasteiger partial charge < -0.3 is 9.84 Å². The number of carbonyl (C=O) groups is 1. The zero-order valence-electron chi connectivity index (χ0n) is 18.7. The molecule has 0 saturated heterocycles. The third-order valence-electron chi connectivity index (χ3n) is 5.80. The summed E-state index contributed by atoms with van der Waals surface area (Å²) in [6, 6.07) is 12.4. The first-order valence-electron chi connectivity index (χ1n) is 10.8. The third-order valence-corrected chi connectivity index (χ3v) is 5.80. The first-order valence-corrected chi connectivity index (χ1v) is 10.8. The molecule has 1 aliphatic carbocycles. The Bertz CT molecular complexity index is 1200. The maximum absolute atomic E-state index is 14.4. The van der Waals surface area contributed by atoms with Crippen molar-refractivity contribution in [3.8, 4) is 11.1 Å². The maximum Gasteiger partial charge on any atom is 0.337 e. The number of aromatic nitrogens is 1.